The molecule has 0 aliphatic carbocycles. The summed E-state index contributed by atoms with van der Waals surface area (Å²) in [6, 6.07) is 5.98. The molecule has 0 N–H and O–H groups in total. The van der Waals surface area contributed by atoms with E-state index in [9.17, 15) is 4.79 Å². The van der Waals surface area contributed by atoms with Gasteiger partial charge in [-0.05, 0) is 50.9 Å². The number of furan rings is 1. The van der Waals surface area contributed by atoms with Crippen LogP contribution in [0.25, 0.3) is 0 Å². The number of hydrogen-bond acceptors (Lipinski definition) is 4. The molecule has 0 saturated carbocycles. The second kappa shape index (κ2) is 7.18. The molecule has 1 atom stereocenters. The molecule has 0 aromatic carbocycles. The standard InChI is InChI=1S/C19H25N3O2/c1-14-9-15(2)24-18(14)19(23)22-8-6-17(13-22)12-21(3)11-16-5-4-7-20-10-16/h4-5,7,9-10,17H,6,8,11-13H2,1-3H3/t17-/m1/s1. The Balaban J connectivity index is 1.53. The topological polar surface area (TPSA) is 49.6 Å². The lowest BCUT2D eigenvalue weighted by Gasteiger charge is -2.21. The maximum atomic E-state index is 12.6. The fourth-order valence-corrected chi connectivity index (χ4v) is 3.47. The molecule has 5 heteroatoms. The van der Waals surface area contributed by atoms with Gasteiger partial charge in [0.1, 0.15) is 5.76 Å². The summed E-state index contributed by atoms with van der Waals surface area (Å²) in [6.07, 6.45) is 4.74. The Morgan fingerprint density at radius 3 is 2.96 bits per heavy atom. The molecule has 1 aliphatic heterocycles. The van der Waals surface area contributed by atoms with Gasteiger partial charge in [0.05, 0.1) is 0 Å². The molecule has 1 fully saturated rings. The van der Waals surface area contributed by atoms with E-state index in [0.717, 1.165) is 43.9 Å². The first-order valence-electron chi connectivity index (χ1n) is 8.46. The van der Waals surface area contributed by atoms with Crippen molar-refractivity contribution in [1.82, 2.24) is 14.8 Å². The van der Waals surface area contributed by atoms with Crippen molar-refractivity contribution in [2.75, 3.05) is 26.7 Å². The molecule has 128 valence electrons. The fourth-order valence-electron chi connectivity index (χ4n) is 3.47. The summed E-state index contributed by atoms with van der Waals surface area (Å²) in [6.45, 7) is 7.28. The van der Waals surface area contributed by atoms with Gasteiger partial charge in [0.15, 0.2) is 5.76 Å². The van der Waals surface area contributed by atoms with Crippen molar-refractivity contribution < 1.29 is 9.21 Å². The SMILES string of the molecule is Cc1cc(C)c(C(=O)N2CC[C@H](CN(C)Cc3cccnc3)C2)o1. The third kappa shape index (κ3) is 3.85. The summed E-state index contributed by atoms with van der Waals surface area (Å²) in [5.74, 6) is 1.82. The Hall–Kier alpha value is -2.14. The van der Waals surface area contributed by atoms with Gasteiger partial charge in [0, 0.05) is 44.1 Å². The summed E-state index contributed by atoms with van der Waals surface area (Å²) < 4.78 is 5.58. The lowest BCUT2D eigenvalue weighted by Crippen LogP contribution is -2.31. The third-order valence-corrected chi connectivity index (χ3v) is 4.55. The second-order valence-electron chi connectivity index (χ2n) is 6.83. The van der Waals surface area contributed by atoms with E-state index in [4.69, 9.17) is 4.42 Å². The van der Waals surface area contributed by atoms with Gasteiger partial charge in [-0.2, -0.15) is 0 Å². The maximum Gasteiger partial charge on any atom is 0.289 e. The molecule has 0 bridgehead atoms. The average molecular weight is 327 g/mol. The van der Waals surface area contributed by atoms with Crippen LogP contribution in [0.4, 0.5) is 0 Å². The van der Waals surface area contributed by atoms with Crippen molar-refractivity contribution in [3.8, 4) is 0 Å². The number of nitrogens with zero attached hydrogens (tertiary/aromatic N) is 3. The molecule has 1 saturated heterocycles. The van der Waals surface area contributed by atoms with E-state index in [2.05, 4.69) is 23.0 Å². The van der Waals surface area contributed by atoms with Gasteiger partial charge >= 0.3 is 0 Å². The van der Waals surface area contributed by atoms with Crippen molar-refractivity contribution in [1.29, 1.82) is 0 Å². The van der Waals surface area contributed by atoms with E-state index >= 15 is 0 Å². The molecule has 1 aliphatic rings. The summed E-state index contributed by atoms with van der Waals surface area (Å²) in [5, 5.41) is 0. The largest absolute Gasteiger partial charge is 0.456 e. The number of rotatable bonds is 5. The van der Waals surface area contributed by atoms with E-state index < -0.39 is 0 Å². The zero-order valence-electron chi connectivity index (χ0n) is 14.7. The molecule has 2 aromatic heterocycles. The Morgan fingerprint density at radius 1 is 1.46 bits per heavy atom. The number of aryl methyl sites for hydroxylation is 2. The minimum Gasteiger partial charge on any atom is -0.456 e. The van der Waals surface area contributed by atoms with E-state index in [1.165, 1.54) is 5.56 Å². The van der Waals surface area contributed by atoms with Crippen LogP contribution >= 0.6 is 0 Å². The average Bonchev–Trinajstić information content (AvgIpc) is 3.14. The Bertz CT molecular complexity index is 696. The number of carbonyl (C=O) groups excluding carboxylic acids is 1. The number of amides is 1. The Kier molecular flexibility index (Phi) is 5.00. The van der Waals surface area contributed by atoms with Crippen LogP contribution in [0.1, 0.15) is 33.9 Å². The minimum atomic E-state index is 0.0259. The number of carbonyl (C=O) groups is 1. The summed E-state index contributed by atoms with van der Waals surface area (Å²) in [4.78, 5) is 21.0. The first-order chi connectivity index (χ1) is 11.5. The zero-order valence-corrected chi connectivity index (χ0v) is 14.7. The molecule has 2 aromatic rings. The number of aromatic nitrogens is 1. The van der Waals surface area contributed by atoms with Crippen LogP contribution in [0, 0.1) is 19.8 Å². The van der Waals surface area contributed by atoms with Gasteiger partial charge < -0.3 is 14.2 Å². The highest BCUT2D eigenvalue weighted by Gasteiger charge is 2.30. The minimum absolute atomic E-state index is 0.0259. The normalized spacial score (nSPS) is 17.7. The summed E-state index contributed by atoms with van der Waals surface area (Å²) in [5.41, 5.74) is 2.14. The van der Waals surface area contributed by atoms with Crippen LogP contribution in [-0.2, 0) is 6.54 Å². The Morgan fingerprint density at radius 2 is 2.29 bits per heavy atom. The van der Waals surface area contributed by atoms with Gasteiger partial charge in [0.2, 0.25) is 0 Å². The molecule has 3 rings (SSSR count). The lowest BCUT2D eigenvalue weighted by molar-refractivity contribution is 0.0750. The molecular weight excluding hydrogens is 302 g/mol. The monoisotopic (exact) mass is 327 g/mol. The molecule has 0 radical (unpaired) electrons. The van der Waals surface area contributed by atoms with Crippen LogP contribution < -0.4 is 0 Å². The van der Waals surface area contributed by atoms with E-state index in [1.807, 2.05) is 37.1 Å². The van der Waals surface area contributed by atoms with Crippen LogP contribution in [0.5, 0.6) is 0 Å². The van der Waals surface area contributed by atoms with Crippen molar-refractivity contribution in [2.45, 2.75) is 26.8 Å². The van der Waals surface area contributed by atoms with E-state index in [0.29, 0.717) is 11.7 Å². The highest BCUT2D eigenvalue weighted by Crippen LogP contribution is 2.22. The van der Waals surface area contributed by atoms with Gasteiger partial charge in [-0.15, -0.1) is 0 Å². The van der Waals surface area contributed by atoms with Gasteiger partial charge in [-0.1, -0.05) is 6.07 Å². The smallest absolute Gasteiger partial charge is 0.289 e. The molecule has 1 amide bonds. The molecule has 24 heavy (non-hydrogen) atoms. The first-order valence-corrected chi connectivity index (χ1v) is 8.46. The van der Waals surface area contributed by atoms with Crippen molar-refractivity contribution in [3.05, 3.63) is 53.2 Å². The van der Waals surface area contributed by atoms with Crippen LogP contribution in [0.2, 0.25) is 0 Å². The number of pyridine rings is 1. The van der Waals surface area contributed by atoms with E-state index in [-0.39, 0.29) is 5.91 Å². The van der Waals surface area contributed by atoms with E-state index in [1.54, 1.807) is 6.20 Å². The zero-order chi connectivity index (χ0) is 17.1. The predicted octanol–water partition coefficient (Wildman–Crippen LogP) is 2.89. The van der Waals surface area contributed by atoms with Crippen molar-refractivity contribution in [3.63, 3.8) is 0 Å². The first kappa shape index (κ1) is 16.7. The summed E-state index contributed by atoms with van der Waals surface area (Å²) >= 11 is 0. The quantitative estimate of drug-likeness (QED) is 0.847. The highest BCUT2D eigenvalue weighted by atomic mass is 16.4. The molecule has 5 nitrogen and oxygen atoms in total. The van der Waals surface area contributed by atoms with Crippen molar-refractivity contribution in [2.24, 2.45) is 5.92 Å². The van der Waals surface area contributed by atoms with Gasteiger partial charge in [-0.3, -0.25) is 9.78 Å². The van der Waals surface area contributed by atoms with Crippen LogP contribution in [0.3, 0.4) is 0 Å². The molecule has 0 unspecified atom stereocenters. The summed E-state index contributed by atoms with van der Waals surface area (Å²) in [7, 11) is 2.12. The fraction of sp³-hybridized carbons (Fsp3) is 0.474. The van der Waals surface area contributed by atoms with Crippen LogP contribution in [0.15, 0.2) is 35.0 Å². The highest BCUT2D eigenvalue weighted by molar-refractivity contribution is 5.93. The van der Waals surface area contributed by atoms with Gasteiger partial charge in [-0.25, -0.2) is 0 Å². The molecular formula is C19H25N3O2. The maximum absolute atomic E-state index is 12.6. The molecule has 3 heterocycles. The van der Waals surface area contributed by atoms with Crippen molar-refractivity contribution >= 4 is 5.91 Å². The number of likely N-dealkylation sites (tertiary alicyclic amines) is 1. The molecule has 0 spiro atoms. The predicted molar refractivity (Wildman–Crippen MR) is 92.8 cm³/mol. The third-order valence-electron chi connectivity index (χ3n) is 4.55. The van der Waals surface area contributed by atoms with Gasteiger partial charge in [0.25, 0.3) is 5.91 Å². The lowest BCUT2D eigenvalue weighted by atomic mass is 10.1. The second-order valence-corrected chi connectivity index (χ2v) is 6.83. The Labute approximate surface area is 143 Å². The van der Waals surface area contributed by atoms with Crippen LogP contribution in [-0.4, -0.2) is 47.4 Å². The number of hydrogen-bond donors (Lipinski definition) is 0.